The Morgan fingerprint density at radius 1 is 1.58 bits per heavy atom. The van der Waals surface area contributed by atoms with Gasteiger partial charge >= 0.3 is 0 Å². The number of alkyl halides is 1. The van der Waals surface area contributed by atoms with E-state index in [1.807, 2.05) is 0 Å². The number of aliphatic hydroxyl groups is 1. The zero-order valence-corrected chi connectivity index (χ0v) is 14.4. The fourth-order valence-corrected chi connectivity index (χ4v) is 2.57. The highest BCUT2D eigenvalue weighted by Gasteiger charge is 2.28. The fourth-order valence-electron chi connectivity index (χ4n) is 2.41. The molecule has 0 saturated heterocycles. The van der Waals surface area contributed by atoms with Crippen LogP contribution in [0.4, 0.5) is 10.1 Å². The van der Waals surface area contributed by atoms with Crippen LogP contribution in [0.5, 0.6) is 0 Å². The number of aromatic nitrogens is 1. The predicted molar refractivity (Wildman–Crippen MR) is 89.0 cm³/mol. The molecule has 6 nitrogen and oxygen atoms in total. The van der Waals surface area contributed by atoms with Crippen molar-refractivity contribution in [3.8, 4) is 0 Å². The lowest BCUT2D eigenvalue weighted by molar-refractivity contribution is -0.117. The standard InChI is InChI=1S/C16H21ClFN3O3/c1-16(2,24)13(18)8-20-15(23)11-7-19-14(17)6-12(11)21-9-3-4-10(22)5-9/h6-7,9,13,24H,3-5,8H2,1-2H3,(H,19,21)(H,20,23)/t9?,13-/m1/s1. The van der Waals surface area contributed by atoms with Crippen molar-refractivity contribution in [2.45, 2.75) is 50.9 Å². The van der Waals surface area contributed by atoms with E-state index in [4.69, 9.17) is 11.6 Å². The molecule has 0 bridgehead atoms. The molecule has 1 fully saturated rings. The highest BCUT2D eigenvalue weighted by molar-refractivity contribution is 6.29. The number of carbonyl (C=O) groups excluding carboxylic acids is 2. The Labute approximate surface area is 144 Å². The summed E-state index contributed by atoms with van der Waals surface area (Å²) in [5.41, 5.74) is -0.885. The Hall–Kier alpha value is -1.73. The number of hydrogen-bond acceptors (Lipinski definition) is 5. The monoisotopic (exact) mass is 357 g/mol. The predicted octanol–water partition coefficient (Wildman–Crippen LogP) is 2.11. The molecule has 0 aliphatic heterocycles. The summed E-state index contributed by atoms with van der Waals surface area (Å²) >= 11 is 5.88. The molecule has 24 heavy (non-hydrogen) atoms. The van der Waals surface area contributed by atoms with Gasteiger partial charge in [-0.1, -0.05) is 11.6 Å². The molecule has 3 N–H and O–H groups in total. The molecule has 1 aromatic heterocycles. The molecule has 1 aliphatic carbocycles. The summed E-state index contributed by atoms with van der Waals surface area (Å²) in [6, 6.07) is 1.44. The van der Waals surface area contributed by atoms with E-state index < -0.39 is 17.7 Å². The van der Waals surface area contributed by atoms with Crippen LogP contribution in [-0.4, -0.2) is 46.1 Å². The van der Waals surface area contributed by atoms with Gasteiger partial charge in [0.1, 0.15) is 17.1 Å². The quantitative estimate of drug-likeness (QED) is 0.678. The van der Waals surface area contributed by atoms with Crippen LogP contribution >= 0.6 is 11.6 Å². The van der Waals surface area contributed by atoms with E-state index in [-0.39, 0.29) is 29.1 Å². The molecule has 8 heteroatoms. The average molecular weight is 358 g/mol. The second kappa shape index (κ2) is 7.44. The lowest BCUT2D eigenvalue weighted by atomic mass is 10.0. The first kappa shape index (κ1) is 18.6. The van der Waals surface area contributed by atoms with Crippen molar-refractivity contribution in [1.29, 1.82) is 0 Å². The van der Waals surface area contributed by atoms with Crippen LogP contribution in [0.3, 0.4) is 0 Å². The third-order valence-electron chi connectivity index (χ3n) is 3.93. The number of hydrogen-bond donors (Lipinski definition) is 3. The van der Waals surface area contributed by atoms with Gasteiger partial charge in [0, 0.05) is 25.1 Å². The van der Waals surface area contributed by atoms with E-state index in [0.29, 0.717) is 24.9 Å². The van der Waals surface area contributed by atoms with Crippen LogP contribution in [0, 0.1) is 0 Å². The van der Waals surface area contributed by atoms with Gasteiger partial charge in [-0.3, -0.25) is 9.59 Å². The maximum atomic E-state index is 13.8. The van der Waals surface area contributed by atoms with Crippen molar-refractivity contribution >= 4 is 29.0 Å². The van der Waals surface area contributed by atoms with Crippen LogP contribution in [0.1, 0.15) is 43.5 Å². The molecule has 1 saturated carbocycles. The normalized spacial score (nSPS) is 19.2. The van der Waals surface area contributed by atoms with Crippen molar-refractivity contribution in [1.82, 2.24) is 10.3 Å². The van der Waals surface area contributed by atoms with E-state index in [1.54, 1.807) is 0 Å². The van der Waals surface area contributed by atoms with E-state index in [9.17, 15) is 19.1 Å². The minimum Gasteiger partial charge on any atom is -0.387 e. The molecule has 1 unspecified atom stereocenters. The lowest BCUT2D eigenvalue weighted by Crippen LogP contribution is -2.42. The SMILES string of the molecule is CC(C)(O)[C@H](F)CNC(=O)c1cnc(Cl)cc1NC1CCC(=O)C1. The number of carbonyl (C=O) groups is 2. The summed E-state index contributed by atoms with van der Waals surface area (Å²) in [6.45, 7) is 2.34. The Kier molecular flexibility index (Phi) is 5.77. The van der Waals surface area contributed by atoms with Crippen LogP contribution in [-0.2, 0) is 4.79 Å². The summed E-state index contributed by atoms with van der Waals surface area (Å²) in [5, 5.41) is 15.3. The van der Waals surface area contributed by atoms with Gasteiger partial charge in [0.05, 0.1) is 23.4 Å². The summed E-state index contributed by atoms with van der Waals surface area (Å²) < 4.78 is 13.8. The Bertz CT molecular complexity index is 633. The Morgan fingerprint density at radius 2 is 2.29 bits per heavy atom. The van der Waals surface area contributed by atoms with Gasteiger partial charge in [-0.25, -0.2) is 9.37 Å². The number of anilines is 1. The first-order valence-corrected chi connectivity index (χ1v) is 8.13. The van der Waals surface area contributed by atoms with Crippen molar-refractivity contribution in [3.63, 3.8) is 0 Å². The van der Waals surface area contributed by atoms with Crippen molar-refractivity contribution in [2.75, 3.05) is 11.9 Å². The number of pyridine rings is 1. The topological polar surface area (TPSA) is 91.3 Å². The molecule has 0 spiro atoms. The first-order chi connectivity index (χ1) is 11.2. The maximum absolute atomic E-state index is 13.8. The van der Waals surface area contributed by atoms with Gasteiger partial charge in [-0.05, 0) is 26.3 Å². The van der Waals surface area contributed by atoms with Gasteiger partial charge in [-0.2, -0.15) is 0 Å². The molecular formula is C16H21ClFN3O3. The van der Waals surface area contributed by atoms with Gasteiger partial charge < -0.3 is 15.7 Å². The van der Waals surface area contributed by atoms with Crippen molar-refractivity contribution in [3.05, 3.63) is 23.0 Å². The zero-order valence-electron chi connectivity index (χ0n) is 13.6. The Morgan fingerprint density at radius 3 is 2.88 bits per heavy atom. The fraction of sp³-hybridized carbons (Fsp3) is 0.562. The second-order valence-electron chi connectivity index (χ2n) is 6.51. The third kappa shape index (κ3) is 4.88. The average Bonchev–Trinajstić information content (AvgIpc) is 2.88. The lowest BCUT2D eigenvalue weighted by Gasteiger charge is -2.23. The number of Topliss-reactive ketones (excluding diaryl/α,β-unsaturated/α-hetero) is 1. The molecule has 0 radical (unpaired) electrons. The van der Waals surface area contributed by atoms with Gasteiger partial charge in [0.2, 0.25) is 0 Å². The van der Waals surface area contributed by atoms with Crippen LogP contribution in [0.15, 0.2) is 12.3 Å². The maximum Gasteiger partial charge on any atom is 0.255 e. The first-order valence-electron chi connectivity index (χ1n) is 7.75. The van der Waals surface area contributed by atoms with E-state index >= 15 is 0 Å². The van der Waals surface area contributed by atoms with E-state index in [0.717, 1.165) is 0 Å². The van der Waals surface area contributed by atoms with E-state index in [2.05, 4.69) is 15.6 Å². The highest BCUT2D eigenvalue weighted by atomic mass is 35.5. The molecule has 1 aromatic rings. The number of halogens is 2. The number of nitrogens with one attached hydrogen (secondary N) is 2. The van der Waals surface area contributed by atoms with Gasteiger partial charge in [-0.15, -0.1) is 0 Å². The molecule has 0 aromatic carbocycles. The summed E-state index contributed by atoms with van der Waals surface area (Å²) in [7, 11) is 0. The molecule has 2 atom stereocenters. The minimum absolute atomic E-state index is 0.0622. The summed E-state index contributed by atoms with van der Waals surface area (Å²) in [6.07, 6.45) is 1.28. The minimum atomic E-state index is -1.61. The molecule has 2 rings (SSSR count). The number of rotatable bonds is 6. The van der Waals surface area contributed by atoms with Crippen molar-refractivity contribution in [2.24, 2.45) is 0 Å². The van der Waals surface area contributed by atoms with Gasteiger partial charge in [0.15, 0.2) is 0 Å². The number of nitrogens with zero attached hydrogens (tertiary/aromatic N) is 1. The molecule has 1 amide bonds. The summed E-state index contributed by atoms with van der Waals surface area (Å²) in [4.78, 5) is 27.6. The van der Waals surface area contributed by atoms with Crippen LogP contribution < -0.4 is 10.6 Å². The van der Waals surface area contributed by atoms with Crippen molar-refractivity contribution < 1.29 is 19.1 Å². The van der Waals surface area contributed by atoms with Crippen LogP contribution in [0.25, 0.3) is 0 Å². The Balaban J connectivity index is 2.08. The molecule has 132 valence electrons. The largest absolute Gasteiger partial charge is 0.387 e. The third-order valence-corrected chi connectivity index (χ3v) is 4.14. The molecular weight excluding hydrogens is 337 g/mol. The second-order valence-corrected chi connectivity index (χ2v) is 6.89. The molecule has 1 aliphatic rings. The molecule has 1 heterocycles. The van der Waals surface area contributed by atoms with Gasteiger partial charge in [0.25, 0.3) is 5.91 Å². The van der Waals surface area contributed by atoms with E-state index in [1.165, 1.54) is 26.1 Å². The van der Waals surface area contributed by atoms with Crippen LogP contribution in [0.2, 0.25) is 5.15 Å². The number of ketones is 1. The number of amides is 1. The summed E-state index contributed by atoms with van der Waals surface area (Å²) in [5.74, 6) is -0.359. The smallest absolute Gasteiger partial charge is 0.255 e. The zero-order chi connectivity index (χ0) is 17.9. The highest BCUT2D eigenvalue weighted by Crippen LogP contribution is 2.24.